The highest BCUT2D eigenvalue weighted by molar-refractivity contribution is 5.78. The predicted octanol–water partition coefficient (Wildman–Crippen LogP) is 0.884. The first kappa shape index (κ1) is 14.9. The molecule has 0 aliphatic heterocycles. The molecule has 1 amide bonds. The van der Waals surface area contributed by atoms with Crippen molar-refractivity contribution in [2.24, 2.45) is 11.8 Å². The zero-order valence-corrected chi connectivity index (χ0v) is 10.3. The van der Waals surface area contributed by atoms with Gasteiger partial charge in [0.2, 0.25) is 5.91 Å². The Kier molecular flexibility index (Phi) is 6.72. The molecule has 0 aromatic rings. The van der Waals surface area contributed by atoms with E-state index in [1.807, 2.05) is 6.92 Å². The van der Waals surface area contributed by atoms with Gasteiger partial charge in [-0.25, -0.2) is 0 Å². The van der Waals surface area contributed by atoms with Crippen molar-refractivity contribution >= 4 is 11.9 Å². The topological polar surface area (TPSA) is 75.6 Å². The van der Waals surface area contributed by atoms with Crippen LogP contribution in [0.15, 0.2) is 0 Å². The summed E-state index contributed by atoms with van der Waals surface area (Å²) >= 11 is 0. The predicted molar refractivity (Wildman–Crippen MR) is 60.1 cm³/mol. The molecule has 0 aromatic heterocycles. The standard InChI is InChI=1S/C11H21NO4/c1-7(6-16-4)5-10(13)12-9(3)8(2)11(14)15/h7-9H,5-6H2,1-4H3,(H,12,13)(H,14,15). The molecule has 0 aliphatic carbocycles. The fourth-order valence-electron chi connectivity index (χ4n) is 1.31. The molecular weight excluding hydrogens is 210 g/mol. The number of nitrogens with one attached hydrogen (secondary N) is 1. The van der Waals surface area contributed by atoms with E-state index < -0.39 is 11.9 Å². The van der Waals surface area contributed by atoms with Crippen LogP contribution >= 0.6 is 0 Å². The molecule has 0 radical (unpaired) electrons. The second-order valence-corrected chi connectivity index (χ2v) is 4.25. The molecule has 0 spiro atoms. The molecule has 3 atom stereocenters. The van der Waals surface area contributed by atoms with E-state index in [9.17, 15) is 9.59 Å². The third-order valence-electron chi connectivity index (χ3n) is 2.51. The molecule has 0 fully saturated rings. The lowest BCUT2D eigenvalue weighted by atomic mass is 10.0. The van der Waals surface area contributed by atoms with E-state index in [0.29, 0.717) is 13.0 Å². The van der Waals surface area contributed by atoms with E-state index in [0.717, 1.165) is 0 Å². The summed E-state index contributed by atoms with van der Waals surface area (Å²) in [6, 6.07) is -0.361. The number of ether oxygens (including phenoxy) is 1. The van der Waals surface area contributed by atoms with Crippen LogP contribution < -0.4 is 5.32 Å². The van der Waals surface area contributed by atoms with Gasteiger partial charge in [-0.15, -0.1) is 0 Å². The highest BCUT2D eigenvalue weighted by Gasteiger charge is 2.21. The summed E-state index contributed by atoms with van der Waals surface area (Å²) < 4.78 is 4.92. The first-order chi connectivity index (χ1) is 7.38. The Balaban J connectivity index is 4.00. The average molecular weight is 231 g/mol. The van der Waals surface area contributed by atoms with Crippen molar-refractivity contribution in [3.63, 3.8) is 0 Å². The molecule has 0 saturated heterocycles. The minimum atomic E-state index is -0.905. The number of rotatable bonds is 7. The van der Waals surface area contributed by atoms with Gasteiger partial charge >= 0.3 is 5.97 Å². The summed E-state index contributed by atoms with van der Waals surface area (Å²) in [6.45, 7) is 5.70. The van der Waals surface area contributed by atoms with Crippen LogP contribution in [0.25, 0.3) is 0 Å². The highest BCUT2D eigenvalue weighted by atomic mass is 16.5. The van der Waals surface area contributed by atoms with Crippen molar-refractivity contribution in [3.8, 4) is 0 Å². The summed E-state index contributed by atoms with van der Waals surface area (Å²) in [5.74, 6) is -1.48. The molecule has 0 aromatic carbocycles. The number of aliphatic carboxylic acids is 1. The van der Waals surface area contributed by atoms with Crippen LogP contribution in [0.2, 0.25) is 0 Å². The van der Waals surface area contributed by atoms with Gasteiger partial charge < -0.3 is 15.2 Å². The Hall–Kier alpha value is -1.10. The first-order valence-electron chi connectivity index (χ1n) is 5.39. The molecule has 0 rings (SSSR count). The third-order valence-corrected chi connectivity index (χ3v) is 2.51. The molecule has 5 nitrogen and oxygen atoms in total. The lowest BCUT2D eigenvalue weighted by Crippen LogP contribution is -2.40. The van der Waals surface area contributed by atoms with Gasteiger partial charge in [0.15, 0.2) is 0 Å². The summed E-state index contributed by atoms with van der Waals surface area (Å²) in [6.07, 6.45) is 0.352. The molecule has 0 aliphatic rings. The third kappa shape index (κ3) is 5.70. The van der Waals surface area contributed by atoms with Crippen LogP contribution in [0.5, 0.6) is 0 Å². The monoisotopic (exact) mass is 231 g/mol. The zero-order chi connectivity index (χ0) is 12.7. The molecule has 2 N–H and O–H groups in total. The Labute approximate surface area is 96.2 Å². The highest BCUT2D eigenvalue weighted by Crippen LogP contribution is 2.05. The van der Waals surface area contributed by atoms with Gasteiger partial charge in [-0.3, -0.25) is 9.59 Å². The van der Waals surface area contributed by atoms with E-state index in [-0.39, 0.29) is 17.9 Å². The van der Waals surface area contributed by atoms with Crippen LogP contribution in [-0.2, 0) is 14.3 Å². The number of carboxylic acids is 1. The van der Waals surface area contributed by atoms with E-state index in [1.54, 1.807) is 21.0 Å². The molecule has 0 bridgehead atoms. The van der Waals surface area contributed by atoms with Gasteiger partial charge in [-0.1, -0.05) is 6.92 Å². The van der Waals surface area contributed by atoms with Crippen molar-refractivity contribution in [2.45, 2.75) is 33.2 Å². The number of hydrogen-bond acceptors (Lipinski definition) is 3. The van der Waals surface area contributed by atoms with Crippen molar-refractivity contribution < 1.29 is 19.4 Å². The van der Waals surface area contributed by atoms with Crippen molar-refractivity contribution in [3.05, 3.63) is 0 Å². The van der Waals surface area contributed by atoms with E-state index in [1.165, 1.54) is 0 Å². The SMILES string of the molecule is COCC(C)CC(=O)NC(C)C(C)C(=O)O. The smallest absolute Gasteiger partial charge is 0.308 e. The maximum atomic E-state index is 11.5. The number of hydrogen-bond donors (Lipinski definition) is 2. The number of carbonyl (C=O) groups excluding carboxylic acids is 1. The lowest BCUT2D eigenvalue weighted by molar-refractivity contribution is -0.142. The molecule has 94 valence electrons. The maximum absolute atomic E-state index is 11.5. The number of methoxy groups -OCH3 is 1. The molecule has 5 heteroatoms. The Bertz CT molecular complexity index is 242. The Morgan fingerprint density at radius 3 is 2.31 bits per heavy atom. The van der Waals surface area contributed by atoms with Crippen LogP contribution in [0.4, 0.5) is 0 Å². The maximum Gasteiger partial charge on any atom is 0.308 e. The normalized spacial score (nSPS) is 16.2. The second-order valence-electron chi connectivity index (χ2n) is 4.25. The zero-order valence-electron chi connectivity index (χ0n) is 10.3. The Morgan fingerprint density at radius 2 is 1.88 bits per heavy atom. The summed E-state index contributed by atoms with van der Waals surface area (Å²) in [7, 11) is 1.59. The average Bonchev–Trinajstić information content (AvgIpc) is 2.16. The second kappa shape index (κ2) is 7.22. The van der Waals surface area contributed by atoms with Crippen molar-refractivity contribution in [1.82, 2.24) is 5.32 Å². The fourth-order valence-corrected chi connectivity index (χ4v) is 1.31. The minimum Gasteiger partial charge on any atom is -0.481 e. The lowest BCUT2D eigenvalue weighted by Gasteiger charge is -2.19. The number of carboxylic acid groups (broad SMARTS) is 1. The van der Waals surface area contributed by atoms with Crippen molar-refractivity contribution in [2.75, 3.05) is 13.7 Å². The number of carbonyl (C=O) groups is 2. The fraction of sp³-hybridized carbons (Fsp3) is 0.818. The molecular formula is C11H21NO4. The first-order valence-corrected chi connectivity index (χ1v) is 5.39. The van der Waals surface area contributed by atoms with Crippen molar-refractivity contribution in [1.29, 1.82) is 0 Å². The van der Waals surface area contributed by atoms with E-state index >= 15 is 0 Å². The van der Waals surface area contributed by atoms with Crippen LogP contribution in [0.3, 0.4) is 0 Å². The summed E-state index contributed by atoms with van der Waals surface area (Å²) in [5, 5.41) is 11.4. The largest absolute Gasteiger partial charge is 0.481 e. The van der Waals surface area contributed by atoms with E-state index in [4.69, 9.17) is 9.84 Å². The van der Waals surface area contributed by atoms with E-state index in [2.05, 4.69) is 5.32 Å². The van der Waals surface area contributed by atoms with Crippen LogP contribution in [0, 0.1) is 11.8 Å². The van der Waals surface area contributed by atoms with Gasteiger partial charge in [0.05, 0.1) is 5.92 Å². The van der Waals surface area contributed by atoms with Gasteiger partial charge in [0.1, 0.15) is 0 Å². The number of amides is 1. The van der Waals surface area contributed by atoms with Gasteiger partial charge in [-0.05, 0) is 19.8 Å². The summed E-state index contributed by atoms with van der Waals surface area (Å²) in [5.41, 5.74) is 0. The van der Waals surface area contributed by atoms with Gasteiger partial charge in [0, 0.05) is 26.2 Å². The van der Waals surface area contributed by atoms with Gasteiger partial charge in [0.25, 0.3) is 0 Å². The van der Waals surface area contributed by atoms with Crippen LogP contribution in [-0.4, -0.2) is 36.7 Å². The minimum absolute atomic E-state index is 0.134. The molecule has 3 unspecified atom stereocenters. The quantitative estimate of drug-likeness (QED) is 0.682. The van der Waals surface area contributed by atoms with Gasteiger partial charge in [-0.2, -0.15) is 0 Å². The Morgan fingerprint density at radius 1 is 1.31 bits per heavy atom. The summed E-state index contributed by atoms with van der Waals surface area (Å²) in [4.78, 5) is 22.2. The molecule has 0 heterocycles. The molecule has 0 saturated carbocycles. The van der Waals surface area contributed by atoms with Crippen LogP contribution in [0.1, 0.15) is 27.2 Å². The molecule has 16 heavy (non-hydrogen) atoms.